The molecule has 8 heavy (non-hydrogen) atoms. The van der Waals surface area contributed by atoms with Crippen molar-refractivity contribution in [2.45, 2.75) is 12.6 Å². The summed E-state index contributed by atoms with van der Waals surface area (Å²) in [5.74, 6) is 0. The summed E-state index contributed by atoms with van der Waals surface area (Å²) >= 11 is 6.17. The highest BCUT2D eigenvalue weighted by atomic mass is 35.7. The topological polar surface area (TPSA) is 0 Å². The Morgan fingerprint density at radius 3 is 2.50 bits per heavy atom. The summed E-state index contributed by atoms with van der Waals surface area (Å²) in [6.07, 6.45) is 5.56. The standard InChI is InChI=1S/C6H11ClP/c1-6-4-3-5-8(6,2)7/h3-4,6H,5H2,1-2H3/q+1. The molecule has 0 amide bonds. The summed E-state index contributed by atoms with van der Waals surface area (Å²) in [5.41, 5.74) is 0.657. The van der Waals surface area contributed by atoms with Gasteiger partial charge in [-0.15, -0.1) is 0 Å². The molecule has 1 aliphatic heterocycles. The molecular weight excluding hydrogens is 138 g/mol. The SMILES string of the molecule is CC1C=CC[P+]1(C)Cl. The van der Waals surface area contributed by atoms with Crippen molar-refractivity contribution >= 4 is 17.9 Å². The van der Waals surface area contributed by atoms with Crippen LogP contribution in [0.2, 0.25) is 0 Å². The lowest BCUT2D eigenvalue weighted by atomic mass is 10.4. The van der Waals surface area contributed by atoms with Crippen LogP contribution in [0.15, 0.2) is 12.2 Å². The maximum absolute atomic E-state index is 6.17. The fraction of sp³-hybridized carbons (Fsp3) is 0.667. The van der Waals surface area contributed by atoms with E-state index in [2.05, 4.69) is 25.7 Å². The van der Waals surface area contributed by atoms with E-state index in [4.69, 9.17) is 11.2 Å². The van der Waals surface area contributed by atoms with Crippen LogP contribution in [0.3, 0.4) is 0 Å². The average Bonchev–Trinajstić information content (AvgIpc) is 1.86. The van der Waals surface area contributed by atoms with Gasteiger partial charge in [-0.3, -0.25) is 0 Å². The minimum atomic E-state index is -1.02. The summed E-state index contributed by atoms with van der Waals surface area (Å²) in [6, 6.07) is 0. The zero-order valence-electron chi connectivity index (χ0n) is 5.26. The molecule has 0 saturated carbocycles. The molecular formula is C6H11ClP+. The van der Waals surface area contributed by atoms with Crippen LogP contribution in [0.4, 0.5) is 0 Å². The zero-order valence-corrected chi connectivity index (χ0v) is 6.91. The summed E-state index contributed by atoms with van der Waals surface area (Å²) in [7, 11) is 0. The molecule has 1 aliphatic rings. The zero-order chi connectivity index (χ0) is 6.20. The fourth-order valence-corrected chi connectivity index (χ4v) is 2.59. The van der Waals surface area contributed by atoms with E-state index in [0.29, 0.717) is 5.66 Å². The first-order valence-electron chi connectivity index (χ1n) is 2.84. The van der Waals surface area contributed by atoms with Crippen molar-refractivity contribution in [1.82, 2.24) is 0 Å². The molecule has 2 heteroatoms. The first-order valence-corrected chi connectivity index (χ1v) is 6.24. The first-order chi connectivity index (χ1) is 3.63. The second-order valence-corrected chi connectivity index (χ2v) is 8.28. The second kappa shape index (κ2) is 2.01. The van der Waals surface area contributed by atoms with E-state index in [9.17, 15) is 0 Å². The summed E-state index contributed by atoms with van der Waals surface area (Å²) in [6.45, 7) is 3.37. The van der Waals surface area contributed by atoms with Crippen LogP contribution in [0.5, 0.6) is 0 Å². The molecule has 1 rings (SSSR count). The highest BCUT2D eigenvalue weighted by Crippen LogP contribution is 2.67. The molecule has 0 saturated heterocycles. The van der Waals surface area contributed by atoms with Crippen molar-refractivity contribution in [2.75, 3.05) is 12.8 Å². The third kappa shape index (κ3) is 1.06. The van der Waals surface area contributed by atoms with Crippen LogP contribution in [0.25, 0.3) is 0 Å². The van der Waals surface area contributed by atoms with Crippen molar-refractivity contribution in [1.29, 1.82) is 0 Å². The third-order valence-corrected chi connectivity index (χ3v) is 5.86. The van der Waals surface area contributed by atoms with Gasteiger partial charge in [0.15, 0.2) is 0 Å². The van der Waals surface area contributed by atoms with E-state index in [0.717, 1.165) is 6.16 Å². The minimum absolute atomic E-state index is 0.657. The number of hydrogen-bond acceptors (Lipinski definition) is 0. The molecule has 0 radical (unpaired) electrons. The molecule has 1 heterocycles. The predicted octanol–water partition coefficient (Wildman–Crippen LogP) is 2.75. The average molecular weight is 150 g/mol. The normalized spacial score (nSPS) is 45.6. The van der Waals surface area contributed by atoms with Gasteiger partial charge >= 0.3 is 0 Å². The Labute approximate surface area is 56.0 Å². The lowest BCUT2D eigenvalue weighted by molar-refractivity contribution is 1.24. The molecule has 0 aromatic carbocycles. The van der Waals surface area contributed by atoms with Gasteiger partial charge in [-0.1, -0.05) is 0 Å². The molecule has 2 atom stereocenters. The molecule has 0 aliphatic carbocycles. The molecule has 0 N–H and O–H groups in total. The minimum Gasteiger partial charge on any atom is -0.0463 e. The lowest BCUT2D eigenvalue weighted by Crippen LogP contribution is -1.95. The monoisotopic (exact) mass is 149 g/mol. The Morgan fingerprint density at radius 1 is 1.75 bits per heavy atom. The van der Waals surface area contributed by atoms with Gasteiger partial charge in [-0.05, 0) is 19.1 Å². The van der Waals surface area contributed by atoms with Gasteiger partial charge in [0.25, 0.3) is 0 Å². The van der Waals surface area contributed by atoms with Gasteiger partial charge in [0, 0.05) is 0 Å². The number of allylic oxidation sites excluding steroid dienone is 2. The van der Waals surface area contributed by atoms with Crippen molar-refractivity contribution in [3.63, 3.8) is 0 Å². The molecule has 0 bridgehead atoms. The maximum atomic E-state index is 6.17. The Bertz CT molecular complexity index is 118. The number of halogens is 1. The van der Waals surface area contributed by atoms with Gasteiger partial charge in [-0.25, -0.2) is 0 Å². The van der Waals surface area contributed by atoms with E-state index < -0.39 is 6.62 Å². The summed E-state index contributed by atoms with van der Waals surface area (Å²) in [5, 5.41) is 0. The Kier molecular flexibility index (Phi) is 1.65. The molecule has 0 nitrogen and oxygen atoms in total. The van der Waals surface area contributed by atoms with E-state index >= 15 is 0 Å². The van der Waals surface area contributed by atoms with Gasteiger partial charge in [-0.2, -0.15) is 0 Å². The summed E-state index contributed by atoms with van der Waals surface area (Å²) in [4.78, 5) is 0. The smallest absolute Gasteiger partial charge is 0.0463 e. The third-order valence-electron chi connectivity index (χ3n) is 1.73. The fourth-order valence-electron chi connectivity index (χ4n) is 0.810. The second-order valence-electron chi connectivity index (χ2n) is 2.49. The maximum Gasteiger partial charge on any atom is 0.121 e. The molecule has 0 fully saturated rings. The quantitative estimate of drug-likeness (QED) is 0.367. The lowest BCUT2D eigenvalue weighted by Gasteiger charge is -2.09. The van der Waals surface area contributed by atoms with Crippen molar-refractivity contribution in [3.8, 4) is 0 Å². The predicted molar refractivity (Wildman–Crippen MR) is 42.2 cm³/mol. The van der Waals surface area contributed by atoms with Crippen LogP contribution in [-0.4, -0.2) is 18.5 Å². The van der Waals surface area contributed by atoms with Crippen molar-refractivity contribution in [3.05, 3.63) is 12.2 Å². The largest absolute Gasteiger partial charge is 0.121 e. The highest BCUT2D eigenvalue weighted by molar-refractivity contribution is 7.99. The van der Waals surface area contributed by atoms with Crippen LogP contribution in [0.1, 0.15) is 6.92 Å². The highest BCUT2D eigenvalue weighted by Gasteiger charge is 2.37. The van der Waals surface area contributed by atoms with E-state index in [-0.39, 0.29) is 0 Å². The van der Waals surface area contributed by atoms with Gasteiger partial charge < -0.3 is 0 Å². The van der Waals surface area contributed by atoms with E-state index in [1.165, 1.54) is 0 Å². The Morgan fingerprint density at radius 2 is 2.38 bits per heavy atom. The van der Waals surface area contributed by atoms with Gasteiger partial charge in [0.05, 0.1) is 24.1 Å². The summed E-state index contributed by atoms with van der Waals surface area (Å²) < 4.78 is 0. The van der Waals surface area contributed by atoms with Crippen LogP contribution >= 0.6 is 17.9 Å². The Hall–Kier alpha value is 0.460. The van der Waals surface area contributed by atoms with E-state index in [1.807, 2.05) is 0 Å². The van der Waals surface area contributed by atoms with Crippen molar-refractivity contribution in [2.24, 2.45) is 0 Å². The van der Waals surface area contributed by atoms with Crippen molar-refractivity contribution < 1.29 is 0 Å². The molecule has 0 aromatic rings. The number of rotatable bonds is 0. The first kappa shape index (κ1) is 6.58. The van der Waals surface area contributed by atoms with Crippen LogP contribution in [0, 0.1) is 0 Å². The van der Waals surface area contributed by atoms with Gasteiger partial charge in [0.2, 0.25) is 0 Å². The van der Waals surface area contributed by atoms with E-state index in [1.54, 1.807) is 0 Å². The number of hydrogen-bond donors (Lipinski definition) is 0. The van der Waals surface area contributed by atoms with Crippen LogP contribution < -0.4 is 0 Å². The van der Waals surface area contributed by atoms with Crippen LogP contribution in [-0.2, 0) is 0 Å². The Balaban J connectivity index is 2.64. The molecule has 2 unspecified atom stereocenters. The molecule has 0 aromatic heterocycles. The molecule has 46 valence electrons. The van der Waals surface area contributed by atoms with Gasteiger partial charge in [0.1, 0.15) is 12.3 Å². The molecule has 0 spiro atoms.